The molecule has 0 aromatic heterocycles. The van der Waals surface area contributed by atoms with Crippen LogP contribution in [-0.4, -0.2) is 110 Å². The highest BCUT2D eigenvalue weighted by atomic mass is 16.6. The van der Waals surface area contributed by atoms with Crippen LogP contribution < -0.4 is 0 Å². The predicted molar refractivity (Wildman–Crippen MR) is 158 cm³/mol. The molecule has 0 radical (unpaired) electrons. The quantitative estimate of drug-likeness (QED) is 0.122. The van der Waals surface area contributed by atoms with Gasteiger partial charge in [0.2, 0.25) is 0 Å². The molecule has 0 fully saturated rings. The molecule has 3 rings (SSSR count). The number of hydrogen-bond acceptors (Lipinski definition) is 9. The average molecular weight is 586 g/mol. The number of amides is 1. The van der Waals surface area contributed by atoms with E-state index >= 15 is 0 Å². The summed E-state index contributed by atoms with van der Waals surface area (Å²) < 4.78 is 37.8. The van der Waals surface area contributed by atoms with Gasteiger partial charge in [-0.2, -0.15) is 0 Å². The molecule has 2 aromatic carbocycles. The van der Waals surface area contributed by atoms with Gasteiger partial charge < -0.3 is 38.1 Å². The Hall–Kier alpha value is -3.28. The van der Waals surface area contributed by atoms with Crippen molar-refractivity contribution in [2.45, 2.75) is 12.8 Å². The molecule has 1 amide bonds. The van der Waals surface area contributed by atoms with Gasteiger partial charge in [0.1, 0.15) is 13.2 Å². The summed E-state index contributed by atoms with van der Waals surface area (Å²) in [6.07, 6.45) is -0.369. The van der Waals surface area contributed by atoms with Gasteiger partial charge in [-0.05, 0) is 29.2 Å². The maximum Gasteiger partial charge on any atom is 0.409 e. The van der Waals surface area contributed by atoms with Crippen LogP contribution in [0.5, 0.6) is 0 Å². The number of carbonyl (C=O) groups is 2. The second kappa shape index (κ2) is 19.0. The van der Waals surface area contributed by atoms with Crippen LogP contribution in [0.3, 0.4) is 0 Å². The fraction of sp³-hybridized carbons (Fsp3) is 0.500. The highest BCUT2D eigenvalue weighted by Gasteiger charge is 2.29. The highest BCUT2D eigenvalue weighted by Crippen LogP contribution is 2.44. The van der Waals surface area contributed by atoms with Gasteiger partial charge in [0.25, 0.3) is 0 Å². The van der Waals surface area contributed by atoms with Gasteiger partial charge in [-0.3, -0.25) is 0 Å². The average Bonchev–Trinajstić information content (AvgIpc) is 3.32. The molecule has 10 heteroatoms. The number of carbonyl (C=O) groups excluding carboxylic acids is 2. The second-order valence-electron chi connectivity index (χ2n) is 9.70. The molecular formula is C32H43NO9. The molecule has 42 heavy (non-hydrogen) atoms. The van der Waals surface area contributed by atoms with Crippen molar-refractivity contribution in [3.05, 3.63) is 71.8 Å². The standard InChI is InChI=1S/C32H43NO9/c1-25(2)31(34)41-23-22-40-21-20-39-19-18-38-17-16-37-15-14-36-13-12-33(3)32(35)42-24-30-28-10-6-4-8-26(28)27-9-5-7-11-29(27)30/h4-11,30H,1,12-24H2,2-3H3. The van der Waals surface area contributed by atoms with E-state index < -0.39 is 5.97 Å². The van der Waals surface area contributed by atoms with Crippen molar-refractivity contribution in [1.82, 2.24) is 4.90 Å². The molecule has 230 valence electrons. The number of fused-ring (bicyclic) bond motifs is 3. The topological polar surface area (TPSA) is 102 Å². The second-order valence-corrected chi connectivity index (χ2v) is 9.70. The zero-order valence-electron chi connectivity index (χ0n) is 24.7. The van der Waals surface area contributed by atoms with Crippen molar-refractivity contribution >= 4 is 12.1 Å². The molecule has 0 aliphatic heterocycles. The molecule has 10 nitrogen and oxygen atoms in total. The first-order chi connectivity index (χ1) is 20.5. The molecule has 0 saturated heterocycles. The van der Waals surface area contributed by atoms with E-state index in [0.29, 0.717) is 84.8 Å². The summed E-state index contributed by atoms with van der Waals surface area (Å²) in [5.74, 6) is -0.378. The number of rotatable bonds is 21. The Morgan fingerprint density at radius 3 is 1.57 bits per heavy atom. The molecule has 0 spiro atoms. The minimum atomic E-state index is -0.417. The van der Waals surface area contributed by atoms with E-state index in [9.17, 15) is 9.59 Å². The van der Waals surface area contributed by atoms with Crippen LogP contribution in [0.15, 0.2) is 60.7 Å². The normalized spacial score (nSPS) is 12.0. The first-order valence-corrected chi connectivity index (χ1v) is 14.3. The zero-order valence-corrected chi connectivity index (χ0v) is 24.7. The van der Waals surface area contributed by atoms with E-state index in [0.717, 1.165) is 0 Å². The lowest BCUT2D eigenvalue weighted by molar-refractivity contribution is -0.140. The molecule has 0 atom stereocenters. The number of benzene rings is 2. The third kappa shape index (κ3) is 11.2. The summed E-state index contributed by atoms with van der Waals surface area (Å²) in [5, 5.41) is 0. The SMILES string of the molecule is C=C(C)C(=O)OCCOCCOCCOCCOCCOCCN(C)C(=O)OCC1c2ccccc2-c2ccccc21. The van der Waals surface area contributed by atoms with Gasteiger partial charge in [0, 0.05) is 25.1 Å². The lowest BCUT2D eigenvalue weighted by atomic mass is 9.98. The Balaban J connectivity index is 1.11. The molecule has 2 aromatic rings. The first kappa shape index (κ1) is 33.2. The van der Waals surface area contributed by atoms with Crippen LogP contribution in [0, 0.1) is 0 Å². The molecule has 0 N–H and O–H groups in total. The Labute approximate surface area is 248 Å². The van der Waals surface area contributed by atoms with Crippen molar-refractivity contribution in [2.24, 2.45) is 0 Å². The Kier molecular flexibility index (Phi) is 15.0. The van der Waals surface area contributed by atoms with Gasteiger partial charge in [0.05, 0.1) is 66.1 Å². The monoisotopic (exact) mass is 585 g/mol. The number of nitrogens with zero attached hydrogens (tertiary/aromatic N) is 1. The van der Waals surface area contributed by atoms with E-state index in [1.54, 1.807) is 14.0 Å². The summed E-state index contributed by atoms with van der Waals surface area (Å²) in [5.41, 5.74) is 5.15. The van der Waals surface area contributed by atoms with Crippen LogP contribution in [0.1, 0.15) is 24.0 Å². The predicted octanol–water partition coefficient (Wildman–Crippen LogP) is 4.07. The van der Waals surface area contributed by atoms with E-state index in [1.165, 1.54) is 27.2 Å². The third-order valence-electron chi connectivity index (χ3n) is 6.52. The summed E-state index contributed by atoms with van der Waals surface area (Å²) in [7, 11) is 1.71. The lowest BCUT2D eigenvalue weighted by Crippen LogP contribution is -2.32. The van der Waals surface area contributed by atoms with Crippen molar-refractivity contribution in [3.63, 3.8) is 0 Å². The summed E-state index contributed by atoms with van der Waals surface area (Å²) in [4.78, 5) is 25.3. The Morgan fingerprint density at radius 1 is 0.667 bits per heavy atom. The molecule has 1 aliphatic carbocycles. The fourth-order valence-corrected chi connectivity index (χ4v) is 4.30. The van der Waals surface area contributed by atoms with Crippen LogP contribution in [0.2, 0.25) is 0 Å². The molecule has 0 bridgehead atoms. The van der Waals surface area contributed by atoms with Crippen molar-refractivity contribution < 1.29 is 42.7 Å². The van der Waals surface area contributed by atoms with Gasteiger partial charge in [-0.15, -0.1) is 0 Å². The number of hydrogen-bond donors (Lipinski definition) is 0. The number of likely N-dealkylation sites (N-methyl/N-ethyl adjacent to an activating group) is 1. The van der Waals surface area contributed by atoms with Crippen molar-refractivity contribution in [3.8, 4) is 11.1 Å². The van der Waals surface area contributed by atoms with E-state index in [2.05, 4.69) is 30.8 Å². The van der Waals surface area contributed by atoms with Gasteiger partial charge in [-0.1, -0.05) is 55.1 Å². The van der Waals surface area contributed by atoms with E-state index in [-0.39, 0.29) is 18.6 Å². The van der Waals surface area contributed by atoms with Crippen LogP contribution >= 0.6 is 0 Å². The molecule has 0 saturated carbocycles. The van der Waals surface area contributed by atoms with Crippen LogP contribution in [0.25, 0.3) is 11.1 Å². The van der Waals surface area contributed by atoms with Gasteiger partial charge >= 0.3 is 12.1 Å². The maximum atomic E-state index is 12.5. The van der Waals surface area contributed by atoms with E-state index in [1.807, 2.05) is 24.3 Å². The van der Waals surface area contributed by atoms with Gasteiger partial charge in [-0.25, -0.2) is 9.59 Å². The number of ether oxygens (including phenoxy) is 7. The van der Waals surface area contributed by atoms with Crippen LogP contribution in [0.4, 0.5) is 4.79 Å². The van der Waals surface area contributed by atoms with Crippen molar-refractivity contribution in [2.75, 3.05) is 92.9 Å². The van der Waals surface area contributed by atoms with Crippen LogP contribution in [-0.2, 0) is 38.0 Å². The first-order valence-electron chi connectivity index (χ1n) is 14.3. The minimum Gasteiger partial charge on any atom is -0.460 e. The third-order valence-corrected chi connectivity index (χ3v) is 6.52. The largest absolute Gasteiger partial charge is 0.460 e. The summed E-state index contributed by atoms with van der Waals surface area (Å²) >= 11 is 0. The van der Waals surface area contributed by atoms with Gasteiger partial charge in [0.15, 0.2) is 0 Å². The highest BCUT2D eigenvalue weighted by molar-refractivity contribution is 5.86. The maximum absolute atomic E-state index is 12.5. The Bertz CT molecular complexity index is 1080. The zero-order chi connectivity index (χ0) is 30.0. The number of esters is 1. The molecule has 0 heterocycles. The minimum absolute atomic E-state index is 0.0389. The van der Waals surface area contributed by atoms with E-state index in [4.69, 9.17) is 33.2 Å². The fourth-order valence-electron chi connectivity index (χ4n) is 4.30. The smallest absolute Gasteiger partial charge is 0.409 e. The summed E-state index contributed by atoms with van der Waals surface area (Å²) in [6, 6.07) is 16.5. The van der Waals surface area contributed by atoms with Crippen molar-refractivity contribution in [1.29, 1.82) is 0 Å². The molecule has 0 unspecified atom stereocenters. The lowest BCUT2D eigenvalue weighted by Gasteiger charge is -2.19. The Morgan fingerprint density at radius 2 is 1.10 bits per heavy atom. The molecule has 1 aliphatic rings. The summed E-state index contributed by atoms with van der Waals surface area (Å²) in [6.45, 7) is 10.2. The molecular weight excluding hydrogens is 542 g/mol.